The van der Waals surface area contributed by atoms with E-state index < -0.39 is 0 Å². The molecule has 0 bridgehead atoms. The first-order valence-corrected chi connectivity index (χ1v) is 8.60. The number of nitrogens with zero attached hydrogens (tertiary/aromatic N) is 2. The number of aryl methyl sites for hydroxylation is 1. The third-order valence-corrected chi connectivity index (χ3v) is 4.94. The van der Waals surface area contributed by atoms with Crippen LogP contribution in [0.5, 0.6) is 0 Å². The fraction of sp³-hybridized carbons (Fsp3) is 0.706. The Bertz CT molecular complexity index is 504. The number of hydrogen-bond donors (Lipinski definition) is 1. The van der Waals surface area contributed by atoms with Crippen molar-refractivity contribution in [3.63, 3.8) is 0 Å². The Balaban J connectivity index is 1.94. The van der Waals surface area contributed by atoms with Crippen molar-refractivity contribution >= 4 is 17.5 Å². The molecule has 1 saturated heterocycles. The van der Waals surface area contributed by atoms with E-state index >= 15 is 0 Å². The summed E-state index contributed by atoms with van der Waals surface area (Å²) >= 11 is 5.95. The topological polar surface area (TPSA) is 37.3 Å². The van der Waals surface area contributed by atoms with Crippen molar-refractivity contribution in [3.8, 4) is 0 Å². The molecule has 1 fully saturated rings. The van der Waals surface area contributed by atoms with Crippen LogP contribution in [0, 0.1) is 11.8 Å². The molecular formula is C17H28ClN3O. The molecule has 1 atom stereocenters. The van der Waals surface area contributed by atoms with Crippen LogP contribution < -0.4 is 5.32 Å². The molecule has 4 nitrogen and oxygen atoms in total. The number of aromatic nitrogens is 1. The highest BCUT2D eigenvalue weighted by molar-refractivity contribution is 6.31. The highest BCUT2D eigenvalue weighted by Gasteiger charge is 2.26. The number of nitrogens with one attached hydrogen (secondary N) is 1. The number of amides is 1. The van der Waals surface area contributed by atoms with Gasteiger partial charge in [-0.15, -0.1) is 0 Å². The van der Waals surface area contributed by atoms with E-state index in [1.54, 1.807) is 16.8 Å². The van der Waals surface area contributed by atoms with Gasteiger partial charge in [0, 0.05) is 25.8 Å². The van der Waals surface area contributed by atoms with E-state index in [1.165, 1.54) is 12.8 Å². The third kappa shape index (κ3) is 4.26. The molecule has 1 aromatic heterocycles. The lowest BCUT2D eigenvalue weighted by atomic mass is 9.94. The molecule has 2 heterocycles. The first-order chi connectivity index (χ1) is 10.4. The minimum Gasteiger partial charge on any atom is -0.349 e. The van der Waals surface area contributed by atoms with Gasteiger partial charge in [0.2, 0.25) is 0 Å². The van der Waals surface area contributed by atoms with Gasteiger partial charge in [-0.1, -0.05) is 32.4 Å². The van der Waals surface area contributed by atoms with Gasteiger partial charge in [0.25, 0.3) is 5.91 Å². The first-order valence-electron chi connectivity index (χ1n) is 8.22. The summed E-state index contributed by atoms with van der Waals surface area (Å²) in [6.07, 6.45) is 4.26. The molecule has 0 saturated carbocycles. The fourth-order valence-electron chi connectivity index (χ4n) is 3.18. The summed E-state index contributed by atoms with van der Waals surface area (Å²) < 4.78 is 1.77. The van der Waals surface area contributed by atoms with E-state index in [9.17, 15) is 4.79 Å². The van der Waals surface area contributed by atoms with Gasteiger partial charge in [-0.2, -0.15) is 0 Å². The van der Waals surface area contributed by atoms with E-state index in [-0.39, 0.29) is 5.91 Å². The van der Waals surface area contributed by atoms with Crippen LogP contribution in [0.15, 0.2) is 12.3 Å². The molecule has 22 heavy (non-hydrogen) atoms. The fourth-order valence-corrected chi connectivity index (χ4v) is 3.43. The molecule has 1 aromatic rings. The average molecular weight is 326 g/mol. The Kier molecular flexibility index (Phi) is 5.93. The van der Waals surface area contributed by atoms with Crippen LogP contribution in [0.25, 0.3) is 0 Å². The second kappa shape index (κ2) is 7.51. The van der Waals surface area contributed by atoms with Crippen molar-refractivity contribution in [2.45, 2.75) is 39.7 Å². The van der Waals surface area contributed by atoms with Crippen LogP contribution >= 0.6 is 11.6 Å². The summed E-state index contributed by atoms with van der Waals surface area (Å²) in [6.45, 7) is 9.74. The van der Waals surface area contributed by atoms with Crippen LogP contribution in [-0.2, 0) is 7.05 Å². The molecule has 124 valence electrons. The van der Waals surface area contributed by atoms with Crippen molar-refractivity contribution < 1.29 is 4.79 Å². The van der Waals surface area contributed by atoms with Gasteiger partial charge in [-0.3, -0.25) is 9.69 Å². The zero-order valence-electron chi connectivity index (χ0n) is 14.1. The summed E-state index contributed by atoms with van der Waals surface area (Å²) in [5.41, 5.74) is 0.611. The van der Waals surface area contributed by atoms with E-state index in [4.69, 9.17) is 11.6 Å². The van der Waals surface area contributed by atoms with E-state index in [1.807, 2.05) is 7.05 Å². The molecule has 1 aliphatic heterocycles. The standard InChI is InChI=1S/C17H28ClN3O/c1-12(2)16(21-7-5-13(3)6-8-21)10-19-17(22)15-9-14(18)11-20(15)4/h9,11-13,16H,5-8,10H2,1-4H3,(H,19,22)/t16-/m0/s1. The smallest absolute Gasteiger partial charge is 0.268 e. The molecule has 1 N–H and O–H groups in total. The summed E-state index contributed by atoms with van der Waals surface area (Å²) in [5.74, 6) is 1.29. The molecule has 5 heteroatoms. The third-order valence-electron chi connectivity index (χ3n) is 4.73. The minimum atomic E-state index is -0.0505. The Hall–Kier alpha value is -1.00. The molecule has 1 aliphatic rings. The highest BCUT2D eigenvalue weighted by Crippen LogP contribution is 2.21. The minimum absolute atomic E-state index is 0.0505. The maximum Gasteiger partial charge on any atom is 0.268 e. The predicted octanol–water partition coefficient (Wildman–Crippen LogP) is 3.16. The Morgan fingerprint density at radius 1 is 1.41 bits per heavy atom. The SMILES string of the molecule is CC1CCN([C@@H](CNC(=O)c2cc(Cl)cn2C)C(C)C)CC1. The summed E-state index contributed by atoms with van der Waals surface area (Å²) in [4.78, 5) is 14.9. The largest absolute Gasteiger partial charge is 0.349 e. The maximum absolute atomic E-state index is 12.3. The maximum atomic E-state index is 12.3. The summed E-state index contributed by atoms with van der Waals surface area (Å²) in [7, 11) is 1.84. The monoisotopic (exact) mass is 325 g/mol. The van der Waals surface area contributed by atoms with Crippen molar-refractivity contribution in [3.05, 3.63) is 23.0 Å². The Labute approximate surface area is 138 Å². The Morgan fingerprint density at radius 3 is 2.55 bits per heavy atom. The second-order valence-corrected chi connectivity index (χ2v) is 7.33. The predicted molar refractivity (Wildman–Crippen MR) is 91.4 cm³/mol. The number of hydrogen-bond acceptors (Lipinski definition) is 2. The number of halogens is 1. The lowest BCUT2D eigenvalue weighted by molar-refractivity contribution is 0.0856. The van der Waals surface area contributed by atoms with Gasteiger partial charge in [-0.05, 0) is 43.8 Å². The number of carbonyl (C=O) groups excluding carboxylic acids is 1. The molecule has 0 aliphatic carbocycles. The van der Waals surface area contributed by atoms with Crippen LogP contribution in [0.4, 0.5) is 0 Å². The molecule has 0 spiro atoms. The molecule has 1 amide bonds. The highest BCUT2D eigenvalue weighted by atomic mass is 35.5. The van der Waals surface area contributed by atoms with Gasteiger partial charge >= 0.3 is 0 Å². The zero-order valence-corrected chi connectivity index (χ0v) is 14.9. The van der Waals surface area contributed by atoms with Gasteiger partial charge in [0.1, 0.15) is 5.69 Å². The zero-order chi connectivity index (χ0) is 16.3. The number of piperidine rings is 1. The van der Waals surface area contributed by atoms with E-state index in [0.717, 1.165) is 19.0 Å². The lowest BCUT2D eigenvalue weighted by Crippen LogP contribution is -2.49. The molecular weight excluding hydrogens is 298 g/mol. The number of likely N-dealkylation sites (tertiary alicyclic amines) is 1. The van der Waals surface area contributed by atoms with E-state index in [0.29, 0.717) is 29.2 Å². The quantitative estimate of drug-likeness (QED) is 0.903. The van der Waals surface area contributed by atoms with Crippen molar-refractivity contribution in [2.75, 3.05) is 19.6 Å². The second-order valence-electron chi connectivity index (χ2n) is 6.89. The van der Waals surface area contributed by atoms with E-state index in [2.05, 4.69) is 31.0 Å². The number of carbonyl (C=O) groups is 1. The summed E-state index contributed by atoms with van der Waals surface area (Å²) in [6, 6.07) is 2.11. The average Bonchev–Trinajstić information content (AvgIpc) is 2.79. The van der Waals surface area contributed by atoms with Crippen LogP contribution in [-0.4, -0.2) is 41.1 Å². The van der Waals surface area contributed by atoms with Crippen LogP contribution in [0.2, 0.25) is 5.02 Å². The van der Waals surface area contributed by atoms with Crippen molar-refractivity contribution in [1.29, 1.82) is 0 Å². The first kappa shape index (κ1) is 17.4. The van der Waals surface area contributed by atoms with Crippen molar-refractivity contribution in [1.82, 2.24) is 14.8 Å². The normalized spacial score (nSPS) is 18.6. The van der Waals surface area contributed by atoms with Gasteiger partial charge < -0.3 is 9.88 Å². The lowest BCUT2D eigenvalue weighted by Gasteiger charge is -2.38. The van der Waals surface area contributed by atoms with Gasteiger partial charge in [-0.25, -0.2) is 0 Å². The number of rotatable bonds is 5. The molecule has 0 radical (unpaired) electrons. The Morgan fingerprint density at radius 2 is 2.05 bits per heavy atom. The summed E-state index contributed by atoms with van der Waals surface area (Å²) in [5, 5.41) is 3.68. The van der Waals surface area contributed by atoms with Gasteiger partial charge in [0.05, 0.1) is 5.02 Å². The van der Waals surface area contributed by atoms with Crippen LogP contribution in [0.3, 0.4) is 0 Å². The molecule has 0 unspecified atom stereocenters. The van der Waals surface area contributed by atoms with Gasteiger partial charge in [0.15, 0.2) is 0 Å². The van der Waals surface area contributed by atoms with Crippen molar-refractivity contribution in [2.24, 2.45) is 18.9 Å². The molecule has 2 rings (SSSR count). The molecule has 0 aromatic carbocycles. The van der Waals surface area contributed by atoms with Crippen LogP contribution in [0.1, 0.15) is 44.1 Å².